The second-order valence-corrected chi connectivity index (χ2v) is 5.87. The number of aromatic nitrogens is 2. The third-order valence-electron chi connectivity index (χ3n) is 3.76. The van der Waals surface area contributed by atoms with Gasteiger partial charge in [0.2, 0.25) is 5.91 Å². The molecule has 1 aromatic heterocycles. The molecule has 0 aliphatic heterocycles. The Balaban J connectivity index is 2.44. The zero-order valence-electron chi connectivity index (χ0n) is 13.6. The molecule has 0 saturated carbocycles. The van der Waals surface area contributed by atoms with Crippen LogP contribution >= 0.6 is 0 Å². The van der Waals surface area contributed by atoms with Crippen molar-refractivity contribution in [3.63, 3.8) is 0 Å². The molecule has 2 aromatic rings. The van der Waals surface area contributed by atoms with Gasteiger partial charge in [-0.15, -0.1) is 0 Å². The summed E-state index contributed by atoms with van der Waals surface area (Å²) in [7, 11) is 3.53. The Bertz CT molecular complexity index is 671. The summed E-state index contributed by atoms with van der Waals surface area (Å²) >= 11 is 0. The van der Waals surface area contributed by atoms with Crippen molar-refractivity contribution in [2.24, 2.45) is 0 Å². The highest BCUT2D eigenvalue weighted by molar-refractivity contribution is 5.79. The van der Waals surface area contributed by atoms with Crippen molar-refractivity contribution in [2.45, 2.75) is 33.7 Å². The normalized spacial score (nSPS) is 12.3. The van der Waals surface area contributed by atoms with Gasteiger partial charge in [-0.1, -0.05) is 17.7 Å². The molecule has 0 bridgehead atoms. The van der Waals surface area contributed by atoms with E-state index in [1.165, 1.54) is 11.1 Å². The summed E-state index contributed by atoms with van der Waals surface area (Å²) in [4.78, 5) is 13.7. The largest absolute Gasteiger partial charge is 0.347 e. The molecular weight excluding hydrogens is 262 g/mol. The molecule has 0 radical (unpaired) electrons. The Morgan fingerprint density at radius 2 is 1.86 bits per heavy atom. The molecule has 112 valence electrons. The first-order valence-corrected chi connectivity index (χ1v) is 7.15. The van der Waals surface area contributed by atoms with Gasteiger partial charge in [-0.2, -0.15) is 5.10 Å². The van der Waals surface area contributed by atoms with Crippen LogP contribution in [-0.4, -0.2) is 34.7 Å². The van der Waals surface area contributed by atoms with E-state index in [2.05, 4.69) is 37.1 Å². The van der Waals surface area contributed by atoms with Gasteiger partial charge < -0.3 is 4.90 Å². The second-order valence-electron chi connectivity index (χ2n) is 5.87. The molecule has 21 heavy (non-hydrogen) atoms. The molecule has 2 rings (SSSR count). The van der Waals surface area contributed by atoms with Crippen LogP contribution in [0.2, 0.25) is 0 Å². The molecule has 1 amide bonds. The summed E-state index contributed by atoms with van der Waals surface area (Å²) in [5, 5.41) is 4.65. The third kappa shape index (κ3) is 2.99. The summed E-state index contributed by atoms with van der Waals surface area (Å²) in [6.07, 6.45) is 1.95. The summed E-state index contributed by atoms with van der Waals surface area (Å²) in [6.45, 7) is 8.07. The zero-order chi connectivity index (χ0) is 15.7. The number of hydrogen-bond donors (Lipinski definition) is 0. The lowest BCUT2D eigenvalue weighted by atomic mass is 10.0. The molecule has 0 spiro atoms. The van der Waals surface area contributed by atoms with Crippen molar-refractivity contribution in [1.29, 1.82) is 0 Å². The molecule has 0 aliphatic rings. The van der Waals surface area contributed by atoms with Crippen molar-refractivity contribution in [2.75, 3.05) is 14.1 Å². The average Bonchev–Trinajstić information content (AvgIpc) is 2.81. The molecular formula is C17H23N3O. The van der Waals surface area contributed by atoms with Crippen molar-refractivity contribution in [3.8, 4) is 11.3 Å². The monoisotopic (exact) mass is 285 g/mol. The lowest BCUT2D eigenvalue weighted by Gasteiger charge is -2.17. The van der Waals surface area contributed by atoms with Gasteiger partial charge in [-0.25, -0.2) is 0 Å². The van der Waals surface area contributed by atoms with E-state index in [0.29, 0.717) is 0 Å². The highest BCUT2D eigenvalue weighted by Gasteiger charge is 2.20. The van der Waals surface area contributed by atoms with Crippen molar-refractivity contribution < 1.29 is 4.79 Å². The standard InChI is InChI=1S/C17H23N3O/c1-11-7-8-12(2)15(9-11)16-13(3)10-20(18-16)14(4)17(21)19(5)6/h7-10,14H,1-6H3. The summed E-state index contributed by atoms with van der Waals surface area (Å²) < 4.78 is 1.76. The number of nitrogens with zero attached hydrogens (tertiary/aromatic N) is 3. The molecule has 4 nitrogen and oxygen atoms in total. The van der Waals surface area contributed by atoms with Gasteiger partial charge in [0.15, 0.2) is 0 Å². The summed E-state index contributed by atoms with van der Waals surface area (Å²) in [6, 6.07) is 6.06. The molecule has 1 unspecified atom stereocenters. The molecule has 1 heterocycles. The average molecular weight is 285 g/mol. The number of carbonyl (C=O) groups excluding carboxylic acids is 1. The molecule has 1 atom stereocenters. The maximum atomic E-state index is 12.1. The van der Waals surface area contributed by atoms with Crippen LogP contribution in [-0.2, 0) is 4.79 Å². The molecule has 4 heteroatoms. The number of rotatable bonds is 3. The first kappa shape index (κ1) is 15.3. The van der Waals surface area contributed by atoms with Crippen molar-refractivity contribution in [3.05, 3.63) is 41.1 Å². The Morgan fingerprint density at radius 1 is 1.19 bits per heavy atom. The van der Waals surface area contributed by atoms with E-state index in [-0.39, 0.29) is 11.9 Å². The number of carbonyl (C=O) groups is 1. The van der Waals surface area contributed by atoms with Crippen LogP contribution in [0.1, 0.15) is 29.7 Å². The van der Waals surface area contributed by atoms with Gasteiger partial charge >= 0.3 is 0 Å². The van der Waals surface area contributed by atoms with E-state index >= 15 is 0 Å². The van der Waals surface area contributed by atoms with Crippen LogP contribution in [0.15, 0.2) is 24.4 Å². The van der Waals surface area contributed by atoms with Crippen LogP contribution in [0.5, 0.6) is 0 Å². The van der Waals surface area contributed by atoms with Crippen LogP contribution in [0.4, 0.5) is 0 Å². The number of likely N-dealkylation sites (N-methyl/N-ethyl adjacent to an activating group) is 1. The molecule has 0 saturated heterocycles. The van der Waals surface area contributed by atoms with Gasteiger partial charge in [0.05, 0.1) is 5.69 Å². The SMILES string of the molecule is Cc1ccc(C)c(-c2nn(C(C)C(=O)N(C)C)cc2C)c1. The van der Waals surface area contributed by atoms with Gasteiger partial charge in [-0.05, 0) is 44.9 Å². The Morgan fingerprint density at radius 3 is 2.48 bits per heavy atom. The fraction of sp³-hybridized carbons (Fsp3) is 0.412. The first-order chi connectivity index (χ1) is 9.81. The fourth-order valence-electron chi connectivity index (χ4n) is 2.43. The van der Waals surface area contributed by atoms with E-state index in [9.17, 15) is 4.79 Å². The summed E-state index contributed by atoms with van der Waals surface area (Å²) in [5.74, 6) is 0.0463. The Kier molecular flexibility index (Phi) is 4.16. The maximum Gasteiger partial charge on any atom is 0.246 e. The van der Waals surface area contributed by atoms with Crippen LogP contribution in [0, 0.1) is 20.8 Å². The molecule has 0 N–H and O–H groups in total. The third-order valence-corrected chi connectivity index (χ3v) is 3.76. The second kappa shape index (κ2) is 5.72. The minimum Gasteiger partial charge on any atom is -0.347 e. The molecule has 0 aliphatic carbocycles. The van der Waals surface area contributed by atoms with Gasteiger partial charge in [0, 0.05) is 25.9 Å². The minimum absolute atomic E-state index is 0.0463. The lowest BCUT2D eigenvalue weighted by molar-refractivity contribution is -0.131. The first-order valence-electron chi connectivity index (χ1n) is 7.15. The lowest BCUT2D eigenvalue weighted by Crippen LogP contribution is -2.30. The predicted molar refractivity (Wildman–Crippen MR) is 85.3 cm³/mol. The molecule has 0 fully saturated rings. The van der Waals surface area contributed by atoms with E-state index < -0.39 is 0 Å². The maximum absolute atomic E-state index is 12.1. The summed E-state index contributed by atoms with van der Waals surface area (Å²) in [5.41, 5.74) is 5.58. The minimum atomic E-state index is -0.294. The number of benzene rings is 1. The smallest absolute Gasteiger partial charge is 0.246 e. The predicted octanol–water partition coefficient (Wildman–Crippen LogP) is 3.12. The highest BCUT2D eigenvalue weighted by atomic mass is 16.2. The Labute approximate surface area is 126 Å². The van der Waals surface area contributed by atoms with Crippen molar-refractivity contribution in [1.82, 2.24) is 14.7 Å². The van der Waals surface area contributed by atoms with Crippen LogP contribution in [0.25, 0.3) is 11.3 Å². The number of aryl methyl sites for hydroxylation is 3. The van der Waals surface area contributed by atoms with E-state index in [0.717, 1.165) is 16.8 Å². The quantitative estimate of drug-likeness (QED) is 0.869. The van der Waals surface area contributed by atoms with E-state index in [1.54, 1.807) is 23.7 Å². The number of amides is 1. The van der Waals surface area contributed by atoms with Crippen LogP contribution in [0.3, 0.4) is 0 Å². The number of hydrogen-bond acceptors (Lipinski definition) is 2. The van der Waals surface area contributed by atoms with Gasteiger partial charge in [-0.3, -0.25) is 9.48 Å². The van der Waals surface area contributed by atoms with Crippen LogP contribution < -0.4 is 0 Å². The van der Waals surface area contributed by atoms with Crippen molar-refractivity contribution >= 4 is 5.91 Å². The highest BCUT2D eigenvalue weighted by Crippen LogP contribution is 2.27. The molecule has 1 aromatic carbocycles. The van der Waals surface area contributed by atoms with Gasteiger partial charge in [0.1, 0.15) is 6.04 Å². The Hall–Kier alpha value is -2.10. The van der Waals surface area contributed by atoms with E-state index in [1.807, 2.05) is 20.0 Å². The fourth-order valence-corrected chi connectivity index (χ4v) is 2.43. The van der Waals surface area contributed by atoms with Gasteiger partial charge in [0.25, 0.3) is 0 Å². The zero-order valence-corrected chi connectivity index (χ0v) is 13.6. The topological polar surface area (TPSA) is 38.1 Å². The van der Waals surface area contributed by atoms with E-state index in [4.69, 9.17) is 0 Å².